The van der Waals surface area contributed by atoms with E-state index in [0.717, 1.165) is 5.56 Å². The van der Waals surface area contributed by atoms with Crippen LogP contribution < -0.4 is 10.5 Å². The minimum Gasteiger partial charge on any atom is -0.495 e. The average molecular weight is 392 g/mol. The summed E-state index contributed by atoms with van der Waals surface area (Å²) >= 11 is 0. The monoisotopic (exact) mass is 392 g/mol. The Labute approximate surface area is 159 Å². The number of nitrogens with zero attached hydrogens (tertiary/aromatic N) is 1. The van der Waals surface area contributed by atoms with E-state index in [1.165, 1.54) is 36.7 Å². The van der Waals surface area contributed by atoms with Crippen molar-refractivity contribution in [2.24, 2.45) is 5.73 Å². The second kappa shape index (κ2) is 9.50. The van der Waals surface area contributed by atoms with Crippen molar-refractivity contribution in [2.75, 3.05) is 33.9 Å². The van der Waals surface area contributed by atoms with E-state index in [4.69, 9.17) is 10.5 Å². The molecule has 7 nitrogen and oxygen atoms in total. The predicted octanol–water partition coefficient (Wildman–Crippen LogP) is 1.67. The molecule has 0 amide bonds. The molecule has 0 fully saturated rings. The summed E-state index contributed by atoms with van der Waals surface area (Å²) < 4.78 is 37.6. The Balaban J connectivity index is 2.38. The minimum absolute atomic E-state index is 0.0885. The molecule has 8 heteroatoms. The van der Waals surface area contributed by atoms with Gasteiger partial charge in [-0.2, -0.15) is 4.31 Å². The molecule has 146 valence electrons. The number of methoxy groups -OCH3 is 2. The van der Waals surface area contributed by atoms with Gasteiger partial charge in [-0.15, -0.1) is 0 Å². The number of sulfonamides is 1. The third-order valence-electron chi connectivity index (χ3n) is 4.07. The number of hydrogen-bond acceptors (Lipinski definition) is 6. The van der Waals surface area contributed by atoms with Crippen LogP contribution in [-0.4, -0.2) is 52.5 Å². The second-order valence-electron chi connectivity index (χ2n) is 5.79. The van der Waals surface area contributed by atoms with Crippen LogP contribution in [0, 0.1) is 0 Å². The summed E-state index contributed by atoms with van der Waals surface area (Å²) in [5.74, 6) is -0.465. The van der Waals surface area contributed by atoms with Crippen LogP contribution in [0.5, 0.6) is 5.75 Å². The highest BCUT2D eigenvalue weighted by molar-refractivity contribution is 7.89. The van der Waals surface area contributed by atoms with E-state index in [-0.39, 0.29) is 35.8 Å². The standard InChI is InChI=1S/C19H24N2O5S/c1-25-17-9-8-16(19(22)26-2)14-18(17)27(23,24)21(13-11-20)12-10-15-6-4-3-5-7-15/h3-9,14H,10-13,20H2,1-2H3. The Bertz CT molecular complexity index is 869. The minimum atomic E-state index is -3.92. The van der Waals surface area contributed by atoms with Gasteiger partial charge < -0.3 is 15.2 Å². The van der Waals surface area contributed by atoms with E-state index >= 15 is 0 Å². The number of hydrogen-bond donors (Lipinski definition) is 1. The van der Waals surface area contributed by atoms with Gasteiger partial charge in [0.15, 0.2) is 0 Å². The molecule has 2 aromatic rings. The second-order valence-corrected chi connectivity index (χ2v) is 7.69. The molecule has 0 aliphatic carbocycles. The molecule has 0 aliphatic heterocycles. The third kappa shape index (κ3) is 5.06. The van der Waals surface area contributed by atoms with Crippen molar-refractivity contribution in [3.05, 3.63) is 59.7 Å². The molecule has 0 aromatic heterocycles. The van der Waals surface area contributed by atoms with Gasteiger partial charge in [0.2, 0.25) is 10.0 Å². The molecule has 2 N–H and O–H groups in total. The van der Waals surface area contributed by atoms with Crippen LogP contribution in [0.2, 0.25) is 0 Å². The van der Waals surface area contributed by atoms with E-state index in [1.807, 2.05) is 30.3 Å². The zero-order chi connectivity index (χ0) is 19.9. The predicted molar refractivity (Wildman–Crippen MR) is 102 cm³/mol. The summed E-state index contributed by atoms with van der Waals surface area (Å²) in [6.07, 6.45) is 0.541. The van der Waals surface area contributed by atoms with E-state index < -0.39 is 16.0 Å². The molecular formula is C19H24N2O5S. The first-order valence-corrected chi connectivity index (χ1v) is 9.88. The van der Waals surface area contributed by atoms with Crippen molar-refractivity contribution in [3.8, 4) is 5.75 Å². The van der Waals surface area contributed by atoms with Gasteiger partial charge in [0, 0.05) is 19.6 Å². The van der Waals surface area contributed by atoms with Gasteiger partial charge in [0.05, 0.1) is 19.8 Å². The molecule has 0 saturated heterocycles. The number of rotatable bonds is 9. The fourth-order valence-corrected chi connectivity index (χ4v) is 4.29. The molecule has 2 rings (SSSR count). The van der Waals surface area contributed by atoms with Crippen LogP contribution in [0.3, 0.4) is 0 Å². The van der Waals surface area contributed by atoms with Crippen LogP contribution in [0.1, 0.15) is 15.9 Å². The van der Waals surface area contributed by atoms with Crippen molar-refractivity contribution >= 4 is 16.0 Å². The van der Waals surface area contributed by atoms with Crippen molar-refractivity contribution in [1.29, 1.82) is 0 Å². The molecule has 0 bridgehead atoms. The molecule has 0 unspecified atom stereocenters. The smallest absolute Gasteiger partial charge is 0.337 e. The molecular weight excluding hydrogens is 368 g/mol. The first-order valence-electron chi connectivity index (χ1n) is 8.44. The van der Waals surface area contributed by atoms with E-state index in [2.05, 4.69) is 4.74 Å². The summed E-state index contributed by atoms with van der Waals surface area (Å²) in [4.78, 5) is 11.7. The van der Waals surface area contributed by atoms with Crippen molar-refractivity contribution in [3.63, 3.8) is 0 Å². The summed E-state index contributed by atoms with van der Waals surface area (Å²) in [5, 5.41) is 0. The highest BCUT2D eigenvalue weighted by Gasteiger charge is 2.28. The van der Waals surface area contributed by atoms with E-state index in [1.54, 1.807) is 0 Å². The normalized spacial score (nSPS) is 11.4. The lowest BCUT2D eigenvalue weighted by molar-refractivity contribution is 0.0600. The van der Waals surface area contributed by atoms with Gasteiger partial charge in [0.25, 0.3) is 0 Å². The topological polar surface area (TPSA) is 98.9 Å². The Morgan fingerprint density at radius 1 is 1.07 bits per heavy atom. The molecule has 2 aromatic carbocycles. The van der Waals surface area contributed by atoms with Crippen LogP contribution >= 0.6 is 0 Å². The Morgan fingerprint density at radius 3 is 2.37 bits per heavy atom. The van der Waals surface area contributed by atoms with E-state index in [0.29, 0.717) is 6.42 Å². The highest BCUT2D eigenvalue weighted by Crippen LogP contribution is 2.28. The quantitative estimate of drug-likeness (QED) is 0.652. The summed E-state index contributed by atoms with van der Waals surface area (Å²) in [7, 11) is -1.30. The number of esters is 1. The average Bonchev–Trinajstić information content (AvgIpc) is 2.70. The molecule has 0 spiro atoms. The van der Waals surface area contributed by atoms with Crippen LogP contribution in [0.4, 0.5) is 0 Å². The molecule has 0 aliphatic rings. The number of ether oxygens (including phenoxy) is 2. The van der Waals surface area contributed by atoms with Crippen LogP contribution in [0.15, 0.2) is 53.4 Å². The van der Waals surface area contributed by atoms with Crippen molar-refractivity contribution in [1.82, 2.24) is 4.31 Å². The Kier molecular flexibility index (Phi) is 7.35. The summed E-state index contributed by atoms with van der Waals surface area (Å²) in [6, 6.07) is 13.8. The zero-order valence-corrected chi connectivity index (χ0v) is 16.2. The van der Waals surface area contributed by atoms with Crippen LogP contribution in [-0.2, 0) is 21.2 Å². The Morgan fingerprint density at radius 2 is 1.78 bits per heavy atom. The van der Waals surface area contributed by atoms with Gasteiger partial charge in [-0.25, -0.2) is 13.2 Å². The summed E-state index contributed by atoms with van der Waals surface area (Å²) in [5.41, 5.74) is 6.78. The summed E-state index contributed by atoms with van der Waals surface area (Å²) in [6.45, 7) is 0.586. The third-order valence-corrected chi connectivity index (χ3v) is 5.99. The van der Waals surface area contributed by atoms with Gasteiger partial charge in [0.1, 0.15) is 10.6 Å². The first kappa shape index (κ1) is 20.9. The van der Waals surface area contributed by atoms with Gasteiger partial charge in [-0.05, 0) is 30.2 Å². The lowest BCUT2D eigenvalue weighted by Gasteiger charge is -2.23. The maximum atomic E-state index is 13.2. The van der Waals surface area contributed by atoms with Gasteiger partial charge in [-0.1, -0.05) is 30.3 Å². The number of nitrogens with two attached hydrogens (primary N) is 1. The number of carbonyl (C=O) groups excluding carboxylic acids is 1. The largest absolute Gasteiger partial charge is 0.495 e. The molecule has 27 heavy (non-hydrogen) atoms. The molecule has 0 radical (unpaired) electrons. The molecule has 0 saturated carbocycles. The van der Waals surface area contributed by atoms with Crippen molar-refractivity contribution in [2.45, 2.75) is 11.3 Å². The van der Waals surface area contributed by atoms with Gasteiger partial charge in [-0.3, -0.25) is 0 Å². The van der Waals surface area contributed by atoms with Crippen molar-refractivity contribution < 1.29 is 22.7 Å². The fourth-order valence-electron chi connectivity index (χ4n) is 2.66. The van der Waals surface area contributed by atoms with Crippen LogP contribution in [0.25, 0.3) is 0 Å². The SMILES string of the molecule is COC(=O)c1ccc(OC)c(S(=O)(=O)N(CCN)CCc2ccccc2)c1. The molecule has 0 heterocycles. The highest BCUT2D eigenvalue weighted by atomic mass is 32.2. The van der Waals surface area contributed by atoms with Gasteiger partial charge >= 0.3 is 5.97 Å². The first-order chi connectivity index (χ1) is 12.9. The Hall–Kier alpha value is -2.42. The lowest BCUT2D eigenvalue weighted by atomic mass is 10.1. The fraction of sp³-hybridized carbons (Fsp3) is 0.316. The van der Waals surface area contributed by atoms with E-state index in [9.17, 15) is 13.2 Å². The molecule has 0 atom stereocenters. The lowest BCUT2D eigenvalue weighted by Crippen LogP contribution is -2.37. The number of carbonyl (C=O) groups is 1. The maximum absolute atomic E-state index is 13.2. The maximum Gasteiger partial charge on any atom is 0.337 e. The zero-order valence-electron chi connectivity index (χ0n) is 15.4. The number of benzene rings is 2.